The monoisotopic (exact) mass is 617 g/mol. The summed E-state index contributed by atoms with van der Waals surface area (Å²) >= 11 is 6.45. The number of amides is 2. The molecule has 2 aromatic carbocycles. The average Bonchev–Trinajstić information content (AvgIpc) is 3.44. The average molecular weight is 618 g/mol. The number of anilines is 2. The molecular weight excluding hydrogens is 585 g/mol. The van der Waals surface area contributed by atoms with Gasteiger partial charge in [-0.2, -0.15) is 0 Å². The maximum Gasteiger partial charge on any atom is 0.253 e. The van der Waals surface area contributed by atoms with Crippen LogP contribution in [0.3, 0.4) is 0 Å². The number of carbonyl (C=O) groups excluding carboxylic acids is 2. The van der Waals surface area contributed by atoms with Crippen molar-refractivity contribution in [3.63, 3.8) is 0 Å². The van der Waals surface area contributed by atoms with E-state index in [1.165, 1.54) is 18.3 Å². The summed E-state index contributed by atoms with van der Waals surface area (Å²) in [6.07, 6.45) is 8.07. The first-order chi connectivity index (χ1) is 21.3. The highest BCUT2D eigenvalue weighted by Gasteiger charge is 2.28. The summed E-state index contributed by atoms with van der Waals surface area (Å²) in [5.74, 6) is 0.427. The Morgan fingerprint density at radius 1 is 1.18 bits per heavy atom. The van der Waals surface area contributed by atoms with Gasteiger partial charge in [0.1, 0.15) is 18.2 Å². The first-order valence-corrected chi connectivity index (χ1v) is 14.9. The van der Waals surface area contributed by atoms with Crippen LogP contribution >= 0.6 is 11.6 Å². The van der Waals surface area contributed by atoms with Crippen LogP contribution in [0.25, 0.3) is 22.2 Å². The summed E-state index contributed by atoms with van der Waals surface area (Å²) in [5, 5.41) is 4.43. The van der Waals surface area contributed by atoms with Crippen molar-refractivity contribution >= 4 is 46.0 Å². The number of benzene rings is 2. The second kappa shape index (κ2) is 12.6. The lowest BCUT2D eigenvalue weighted by Crippen LogP contribution is -2.42. The third-order valence-electron chi connectivity index (χ3n) is 7.82. The second-order valence-electron chi connectivity index (χ2n) is 11.2. The highest BCUT2D eigenvalue weighted by Crippen LogP contribution is 2.35. The number of likely N-dealkylation sites (N-methyl/N-ethyl adjacent to an activating group) is 1. The van der Waals surface area contributed by atoms with Crippen LogP contribution in [0.5, 0.6) is 5.75 Å². The van der Waals surface area contributed by atoms with E-state index in [-0.39, 0.29) is 23.7 Å². The Bertz CT molecular complexity index is 1730. The van der Waals surface area contributed by atoms with Crippen LogP contribution in [0.4, 0.5) is 16.0 Å². The number of halogens is 2. The molecular formula is C32H33ClFN7O3. The van der Waals surface area contributed by atoms with Crippen LogP contribution in [0.15, 0.2) is 60.9 Å². The van der Waals surface area contributed by atoms with Gasteiger partial charge >= 0.3 is 0 Å². The van der Waals surface area contributed by atoms with E-state index in [9.17, 15) is 14.0 Å². The maximum atomic E-state index is 13.9. The molecule has 4 heterocycles. The number of hydrogen-bond donors (Lipinski definition) is 2. The molecule has 6 rings (SSSR count). The number of carbonyl (C=O) groups is 2. The van der Waals surface area contributed by atoms with Gasteiger partial charge in [0.15, 0.2) is 0 Å². The molecule has 2 amide bonds. The van der Waals surface area contributed by atoms with E-state index in [0.29, 0.717) is 90.2 Å². The fourth-order valence-corrected chi connectivity index (χ4v) is 5.73. The summed E-state index contributed by atoms with van der Waals surface area (Å²) in [6.45, 7) is 2.55. The van der Waals surface area contributed by atoms with Gasteiger partial charge in [-0.25, -0.2) is 14.4 Å². The molecule has 2 N–H and O–H groups in total. The quantitative estimate of drug-likeness (QED) is 0.282. The maximum absolute atomic E-state index is 13.9. The third kappa shape index (κ3) is 6.24. The molecule has 1 fully saturated rings. The summed E-state index contributed by atoms with van der Waals surface area (Å²) in [7, 11) is 3.88. The zero-order valence-corrected chi connectivity index (χ0v) is 25.3. The van der Waals surface area contributed by atoms with Crippen molar-refractivity contribution in [3.05, 3.63) is 77.3 Å². The van der Waals surface area contributed by atoms with Crippen molar-refractivity contribution in [2.75, 3.05) is 57.1 Å². The van der Waals surface area contributed by atoms with Crippen molar-refractivity contribution in [2.24, 2.45) is 0 Å². The number of aromatic nitrogens is 3. The normalized spacial score (nSPS) is 15.6. The van der Waals surface area contributed by atoms with E-state index in [2.05, 4.69) is 20.3 Å². The van der Waals surface area contributed by atoms with Crippen LogP contribution in [-0.4, -0.2) is 89.5 Å². The molecule has 0 atom stereocenters. The van der Waals surface area contributed by atoms with Crippen molar-refractivity contribution in [1.29, 1.82) is 0 Å². The van der Waals surface area contributed by atoms with E-state index in [4.69, 9.17) is 16.3 Å². The topological polar surface area (TPSA) is 107 Å². The number of nitrogens with one attached hydrogen (secondary N) is 2. The number of ether oxygens (including phenoxy) is 1. The van der Waals surface area contributed by atoms with Gasteiger partial charge in [0.2, 0.25) is 5.95 Å². The molecule has 228 valence electrons. The lowest BCUT2D eigenvalue weighted by atomic mass is 10.0. The summed E-state index contributed by atoms with van der Waals surface area (Å²) < 4.78 is 19.7. The van der Waals surface area contributed by atoms with E-state index < -0.39 is 0 Å². The lowest BCUT2D eigenvalue weighted by Gasteiger charge is -2.33. The van der Waals surface area contributed by atoms with Crippen LogP contribution in [0, 0.1) is 5.82 Å². The first kappa shape index (κ1) is 29.6. The largest absolute Gasteiger partial charge is 0.490 e. The van der Waals surface area contributed by atoms with E-state index in [1.54, 1.807) is 41.4 Å². The number of hydrogen-bond acceptors (Lipinski definition) is 7. The van der Waals surface area contributed by atoms with Crippen LogP contribution in [0.1, 0.15) is 23.2 Å². The third-order valence-corrected chi connectivity index (χ3v) is 8.10. The number of piperidine rings is 1. The van der Waals surface area contributed by atoms with Gasteiger partial charge in [-0.05, 0) is 63.3 Å². The number of aromatic amines is 1. The minimum absolute atomic E-state index is 0.0486. The predicted molar refractivity (Wildman–Crippen MR) is 169 cm³/mol. The van der Waals surface area contributed by atoms with Crippen molar-refractivity contribution in [1.82, 2.24) is 24.8 Å². The molecule has 0 saturated carbocycles. The predicted octanol–water partition coefficient (Wildman–Crippen LogP) is 4.98. The Morgan fingerprint density at radius 3 is 2.80 bits per heavy atom. The fourth-order valence-electron chi connectivity index (χ4n) is 5.54. The van der Waals surface area contributed by atoms with Crippen LogP contribution in [-0.2, 0) is 4.79 Å². The molecule has 1 saturated heterocycles. The highest BCUT2D eigenvalue weighted by atomic mass is 35.5. The second-order valence-corrected chi connectivity index (χ2v) is 11.6. The molecule has 2 aliphatic heterocycles. The van der Waals surface area contributed by atoms with E-state index >= 15 is 0 Å². The van der Waals surface area contributed by atoms with E-state index in [0.717, 1.165) is 5.52 Å². The van der Waals surface area contributed by atoms with Crippen LogP contribution in [0.2, 0.25) is 5.02 Å². The van der Waals surface area contributed by atoms with E-state index in [1.807, 2.05) is 30.0 Å². The van der Waals surface area contributed by atoms with Crippen molar-refractivity contribution in [3.8, 4) is 17.0 Å². The van der Waals surface area contributed by atoms with Crippen LogP contribution < -0.4 is 15.0 Å². The Labute approximate surface area is 259 Å². The molecule has 0 bridgehead atoms. The smallest absolute Gasteiger partial charge is 0.253 e. The number of nitrogens with zero attached hydrogens (tertiary/aromatic N) is 5. The number of fused-ring (bicyclic) bond motifs is 2. The zero-order chi connectivity index (χ0) is 30.8. The lowest BCUT2D eigenvalue weighted by molar-refractivity contribution is -0.114. The summed E-state index contributed by atoms with van der Waals surface area (Å²) in [4.78, 5) is 44.0. The van der Waals surface area contributed by atoms with Gasteiger partial charge in [0, 0.05) is 60.0 Å². The van der Waals surface area contributed by atoms with Crippen molar-refractivity contribution < 1.29 is 18.7 Å². The molecule has 0 radical (unpaired) electrons. The van der Waals surface area contributed by atoms with Gasteiger partial charge < -0.3 is 29.7 Å². The minimum Gasteiger partial charge on any atom is -0.490 e. The minimum atomic E-state index is -0.342. The molecule has 0 aliphatic carbocycles. The molecule has 10 nitrogen and oxygen atoms in total. The van der Waals surface area contributed by atoms with Gasteiger partial charge in [-0.3, -0.25) is 9.59 Å². The number of rotatable bonds is 7. The Morgan fingerprint density at radius 2 is 2.00 bits per heavy atom. The summed E-state index contributed by atoms with van der Waals surface area (Å²) in [5.41, 5.74) is 3.09. The SMILES string of the molecule is CN(C)C/C=C/C(=O)N1CCOc2ccc(C(=O)N3CCC(Nc4ncc(Cl)c(-c5c[nH]c6ccc(F)cc56)n4)CC3)cc21. The molecule has 4 aromatic rings. The Hall–Kier alpha value is -4.48. The standard InChI is InChI=1S/C32H33ClFN7O3/c1-39(2)11-3-4-29(42)41-14-15-44-28-8-5-20(16-27(28)41)31(43)40-12-9-22(10-13-40)37-32-36-19-25(33)30(38-32)24-18-35-26-7-6-21(34)17-23(24)26/h3-8,16-19,22,35H,9-15H2,1-2H3,(H,36,37,38)/b4-3+. The first-order valence-electron chi connectivity index (χ1n) is 14.5. The number of H-pyrrole nitrogens is 1. The van der Waals surface area contributed by atoms with Gasteiger partial charge in [0.25, 0.3) is 11.8 Å². The van der Waals surface area contributed by atoms with Gasteiger partial charge in [0.05, 0.1) is 29.1 Å². The number of likely N-dealkylation sites (tertiary alicyclic amines) is 1. The van der Waals surface area contributed by atoms with Gasteiger partial charge in [-0.1, -0.05) is 17.7 Å². The molecule has 12 heteroatoms. The molecule has 0 spiro atoms. The molecule has 44 heavy (non-hydrogen) atoms. The van der Waals surface area contributed by atoms with Gasteiger partial charge in [-0.15, -0.1) is 0 Å². The fraction of sp³-hybridized carbons (Fsp3) is 0.312. The Balaban J connectivity index is 1.11. The zero-order valence-electron chi connectivity index (χ0n) is 24.5. The highest BCUT2D eigenvalue weighted by molar-refractivity contribution is 6.33. The van der Waals surface area contributed by atoms with Crippen molar-refractivity contribution in [2.45, 2.75) is 18.9 Å². The molecule has 0 unspecified atom stereocenters. The molecule has 2 aromatic heterocycles. The molecule has 2 aliphatic rings. The Kier molecular flexibility index (Phi) is 8.49. The summed E-state index contributed by atoms with van der Waals surface area (Å²) in [6, 6.07) is 9.84.